The summed E-state index contributed by atoms with van der Waals surface area (Å²) in [6, 6.07) is 7.90. The van der Waals surface area contributed by atoms with Crippen LogP contribution in [0, 0.1) is 0 Å². The Hall–Kier alpha value is -1.46. The Morgan fingerprint density at radius 2 is 1.79 bits per heavy atom. The molecule has 2 aromatic rings. The van der Waals surface area contributed by atoms with Crippen LogP contribution in [0.25, 0.3) is 10.0 Å². The minimum absolute atomic E-state index is 0.0333. The number of allylic oxidation sites excluding steroid dienone is 4. The fourth-order valence-corrected chi connectivity index (χ4v) is 14.0. The average molecular weight is 519 g/mol. The number of hydrogen-bond acceptors (Lipinski definition) is 3. The van der Waals surface area contributed by atoms with Gasteiger partial charge in [0, 0.05) is 0 Å². The zero-order valence-electron chi connectivity index (χ0n) is 16.3. The quantitative estimate of drug-likeness (QED) is 0.456. The third kappa shape index (κ3) is 2.81. The normalized spacial score (nSPS) is 17.5. The third-order valence-electron chi connectivity index (χ3n) is 5.87. The molecule has 2 heterocycles. The van der Waals surface area contributed by atoms with Gasteiger partial charge in [-0.15, -0.1) is 0 Å². The molecule has 1 aromatic carbocycles. The zero-order chi connectivity index (χ0) is 20.2. The van der Waals surface area contributed by atoms with Crippen molar-refractivity contribution in [3.63, 3.8) is 0 Å². The first-order chi connectivity index (χ1) is 13.3. The molecule has 0 radical (unpaired) electrons. The van der Waals surface area contributed by atoms with Crippen LogP contribution in [-0.4, -0.2) is 39.2 Å². The number of rotatable bonds is 3. The van der Waals surface area contributed by atoms with Gasteiger partial charge in [-0.2, -0.15) is 0 Å². The van der Waals surface area contributed by atoms with Crippen LogP contribution in [0.15, 0.2) is 56.0 Å². The second-order valence-electron chi connectivity index (χ2n) is 7.93. The second kappa shape index (κ2) is 7.10. The van der Waals surface area contributed by atoms with E-state index in [1.807, 2.05) is 18.2 Å². The summed E-state index contributed by atoms with van der Waals surface area (Å²) in [5, 5.41) is 13.3. The van der Waals surface area contributed by atoms with E-state index < -0.39 is 8.07 Å². The minimum atomic E-state index is -2.40. The summed E-state index contributed by atoms with van der Waals surface area (Å²) in [7, 11) is -2.40. The number of fused-ring (bicyclic) bond motifs is 2. The molecule has 6 heteroatoms. The van der Waals surface area contributed by atoms with Gasteiger partial charge >= 0.3 is 181 Å². The molecule has 0 saturated heterocycles. The number of benzene rings is 1. The molecule has 1 aliphatic heterocycles. The molecule has 0 amide bonds. The molecule has 1 aromatic heterocycles. The van der Waals surface area contributed by atoms with E-state index in [1.165, 1.54) is 13.0 Å². The summed E-state index contributed by atoms with van der Waals surface area (Å²) in [5.74, 6) is 0.351. The average Bonchev–Trinajstić information content (AvgIpc) is 3.05. The molecule has 0 fully saturated rings. The standard InChI is InChI=1S/C22H22BrNO2SeSi/c1-12(2)28(13(3)4)19-11-14(25)5-6-15(19)24-16-7-8-17(26)21(22(16)28)18-9-10-20(23)27-18/h5-13,26H,1-4H3. The van der Waals surface area contributed by atoms with Crippen molar-refractivity contribution in [1.29, 1.82) is 0 Å². The Labute approximate surface area is 180 Å². The number of ketones is 1. The van der Waals surface area contributed by atoms with E-state index in [9.17, 15) is 9.90 Å². The van der Waals surface area contributed by atoms with Crippen molar-refractivity contribution in [3.05, 3.63) is 51.0 Å². The first kappa shape index (κ1) is 19.8. The van der Waals surface area contributed by atoms with Gasteiger partial charge in [0.2, 0.25) is 0 Å². The van der Waals surface area contributed by atoms with Crippen LogP contribution in [0.4, 0.5) is 5.69 Å². The van der Waals surface area contributed by atoms with Gasteiger partial charge < -0.3 is 0 Å². The van der Waals surface area contributed by atoms with Gasteiger partial charge in [0.1, 0.15) is 0 Å². The van der Waals surface area contributed by atoms with E-state index in [0.29, 0.717) is 16.8 Å². The van der Waals surface area contributed by atoms with E-state index >= 15 is 0 Å². The molecule has 0 saturated carbocycles. The number of phenols is 1. The molecule has 4 rings (SSSR count). The summed E-state index contributed by atoms with van der Waals surface area (Å²) >= 11 is 3.75. The Balaban J connectivity index is 2.17. The molecule has 3 nitrogen and oxygen atoms in total. The predicted molar refractivity (Wildman–Crippen MR) is 123 cm³/mol. The number of hydrogen-bond donors (Lipinski definition) is 1. The van der Waals surface area contributed by atoms with Gasteiger partial charge in [-0.05, 0) is 0 Å². The van der Waals surface area contributed by atoms with E-state index in [4.69, 9.17) is 4.99 Å². The molecule has 0 atom stereocenters. The number of phenolic OH excluding ortho intramolecular Hbond substituents is 1. The fraction of sp³-hybridized carbons (Fsp3) is 0.273. The molecule has 144 valence electrons. The second-order valence-corrected chi connectivity index (χ2v) is 17.3. The summed E-state index contributed by atoms with van der Waals surface area (Å²) in [6.07, 6.45) is 5.29. The monoisotopic (exact) mass is 519 g/mol. The van der Waals surface area contributed by atoms with Crippen molar-refractivity contribution >= 4 is 60.9 Å². The Morgan fingerprint density at radius 1 is 1.07 bits per heavy atom. The van der Waals surface area contributed by atoms with Crippen molar-refractivity contribution in [3.8, 4) is 15.8 Å². The summed E-state index contributed by atoms with van der Waals surface area (Å²) in [4.78, 5) is 17.3. The Bertz CT molecular complexity index is 1070. The van der Waals surface area contributed by atoms with Gasteiger partial charge in [0.15, 0.2) is 0 Å². The van der Waals surface area contributed by atoms with Gasteiger partial charge in [-0.3, -0.25) is 0 Å². The van der Waals surface area contributed by atoms with Crippen LogP contribution in [0.5, 0.6) is 5.75 Å². The molecule has 1 N–H and O–H groups in total. The van der Waals surface area contributed by atoms with E-state index in [1.54, 1.807) is 12.1 Å². The maximum absolute atomic E-state index is 12.3. The molecule has 2 aliphatic rings. The van der Waals surface area contributed by atoms with Gasteiger partial charge in [0.05, 0.1) is 0 Å². The summed E-state index contributed by atoms with van der Waals surface area (Å²) in [6.45, 7) is 9.05. The molecular weight excluding hydrogens is 497 g/mol. The van der Waals surface area contributed by atoms with E-state index in [0.717, 1.165) is 22.2 Å². The Morgan fingerprint density at radius 3 is 2.39 bits per heavy atom. The number of aromatic hydroxyl groups is 1. The molecule has 0 unspecified atom stereocenters. The van der Waals surface area contributed by atoms with E-state index in [2.05, 4.69) is 55.8 Å². The first-order valence-corrected chi connectivity index (χ1v) is 14.1. The van der Waals surface area contributed by atoms with Crippen LogP contribution in [0.1, 0.15) is 27.7 Å². The molecule has 1 aliphatic carbocycles. The van der Waals surface area contributed by atoms with Crippen molar-refractivity contribution < 1.29 is 9.90 Å². The molecule has 28 heavy (non-hydrogen) atoms. The molecule has 0 spiro atoms. The van der Waals surface area contributed by atoms with E-state index in [-0.39, 0.29) is 20.3 Å². The van der Waals surface area contributed by atoms with Gasteiger partial charge in [0.25, 0.3) is 0 Å². The Kier molecular flexibility index (Phi) is 5.03. The number of carbonyl (C=O) groups excluding carboxylic acids is 1. The number of nitrogens with zero attached hydrogens (tertiary/aromatic N) is 1. The third-order valence-corrected chi connectivity index (χ3v) is 15.1. The zero-order valence-corrected chi connectivity index (χ0v) is 20.6. The first-order valence-electron chi connectivity index (χ1n) is 9.42. The van der Waals surface area contributed by atoms with Gasteiger partial charge in [-0.25, -0.2) is 0 Å². The van der Waals surface area contributed by atoms with Crippen molar-refractivity contribution in [2.24, 2.45) is 4.99 Å². The maximum atomic E-state index is 12.3. The van der Waals surface area contributed by atoms with Crippen LogP contribution in [0.2, 0.25) is 11.1 Å². The number of aliphatic imine (C=N–C) groups is 1. The molecule has 0 bridgehead atoms. The van der Waals surface area contributed by atoms with Crippen molar-refractivity contribution in [2.75, 3.05) is 0 Å². The summed E-state index contributed by atoms with van der Waals surface area (Å²) in [5.41, 5.74) is 3.53. The van der Waals surface area contributed by atoms with Crippen LogP contribution in [-0.2, 0) is 4.79 Å². The molecular formula is C22H22BrNO2SeSi. The van der Waals surface area contributed by atoms with Gasteiger partial charge in [-0.1, -0.05) is 0 Å². The van der Waals surface area contributed by atoms with Crippen LogP contribution < -0.4 is 5.19 Å². The SMILES string of the molecule is CC(C)[Si]1(C(C)C)C2=CC(=O)C=CC2=Nc2ccc(O)c(-c3ccc(Br)[se]3)c21. The van der Waals surface area contributed by atoms with Crippen molar-refractivity contribution in [1.82, 2.24) is 0 Å². The number of halogens is 1. The predicted octanol–water partition coefficient (Wildman–Crippen LogP) is 5.05. The number of carbonyl (C=O) groups is 1. The summed E-state index contributed by atoms with van der Waals surface area (Å²) < 4.78 is 2.34. The fourth-order valence-electron chi connectivity index (χ4n) is 4.87. The van der Waals surface area contributed by atoms with Crippen LogP contribution >= 0.6 is 15.9 Å². The van der Waals surface area contributed by atoms with Crippen molar-refractivity contribution in [2.45, 2.75) is 38.8 Å². The van der Waals surface area contributed by atoms with Crippen LogP contribution in [0.3, 0.4) is 0 Å². The topological polar surface area (TPSA) is 49.7 Å².